The average molecular weight is 562 g/mol. The number of ether oxygens (including phenoxy) is 1. The molecule has 204 valence electrons. The highest BCUT2D eigenvalue weighted by Gasteiger charge is 2.39. The second-order valence-electron chi connectivity index (χ2n) is 11.3. The van der Waals surface area contributed by atoms with Crippen molar-refractivity contribution in [1.29, 1.82) is 0 Å². The maximum Gasteiger partial charge on any atom is 0.506 e. The monoisotopic (exact) mass is 560 g/mol. The van der Waals surface area contributed by atoms with Crippen molar-refractivity contribution in [3.63, 3.8) is 0 Å². The molecular weight excluding hydrogens is 527 g/mol. The summed E-state index contributed by atoms with van der Waals surface area (Å²) in [6, 6.07) is 13.3. The molecule has 1 N–H and O–H groups in total. The maximum atomic E-state index is 14.1. The Balaban J connectivity index is 1.67. The molecule has 2 amide bonds. The minimum absolute atomic E-state index is 0.0629. The van der Waals surface area contributed by atoms with Crippen molar-refractivity contribution >= 4 is 41.2 Å². The molecule has 1 fully saturated rings. The maximum absolute atomic E-state index is 14.1. The van der Waals surface area contributed by atoms with Crippen molar-refractivity contribution in [2.24, 2.45) is 5.41 Å². The van der Waals surface area contributed by atoms with E-state index in [0.29, 0.717) is 48.9 Å². The van der Waals surface area contributed by atoms with Crippen molar-refractivity contribution in [2.45, 2.75) is 58.0 Å². The van der Waals surface area contributed by atoms with Crippen LogP contribution in [0, 0.1) is 5.41 Å². The van der Waals surface area contributed by atoms with E-state index in [1.807, 2.05) is 42.5 Å². The molecular formula is C29H34Cl2N2O5. The van der Waals surface area contributed by atoms with Crippen LogP contribution in [0.25, 0.3) is 0 Å². The summed E-state index contributed by atoms with van der Waals surface area (Å²) in [6.07, 6.45) is -0.245. The van der Waals surface area contributed by atoms with Crippen molar-refractivity contribution in [2.75, 3.05) is 26.2 Å². The molecule has 0 spiro atoms. The van der Waals surface area contributed by atoms with Gasteiger partial charge in [-0.1, -0.05) is 68.2 Å². The van der Waals surface area contributed by atoms with E-state index in [-0.39, 0.29) is 29.7 Å². The lowest BCUT2D eigenvalue weighted by molar-refractivity contribution is -0.142. The summed E-state index contributed by atoms with van der Waals surface area (Å²) in [5.74, 6) is -0.940. The Morgan fingerprint density at radius 3 is 2.34 bits per heavy atom. The van der Waals surface area contributed by atoms with Gasteiger partial charge in [-0.2, -0.15) is 0 Å². The van der Waals surface area contributed by atoms with Crippen LogP contribution in [0.2, 0.25) is 10.0 Å². The van der Waals surface area contributed by atoms with Crippen LogP contribution in [0.1, 0.15) is 68.6 Å². The molecule has 2 aromatic rings. The molecule has 2 atom stereocenters. The highest BCUT2D eigenvalue weighted by atomic mass is 35.5. The molecule has 0 bridgehead atoms. The van der Waals surface area contributed by atoms with E-state index in [9.17, 15) is 14.4 Å². The van der Waals surface area contributed by atoms with Gasteiger partial charge in [-0.05, 0) is 46.7 Å². The van der Waals surface area contributed by atoms with Gasteiger partial charge in [0, 0.05) is 48.4 Å². The zero-order valence-corrected chi connectivity index (χ0v) is 23.5. The molecule has 0 aliphatic carbocycles. The smallest absolute Gasteiger partial charge is 0.450 e. The van der Waals surface area contributed by atoms with E-state index in [2.05, 4.69) is 20.8 Å². The average Bonchev–Trinajstić information content (AvgIpc) is 2.94. The van der Waals surface area contributed by atoms with E-state index >= 15 is 0 Å². The van der Waals surface area contributed by atoms with Gasteiger partial charge < -0.3 is 19.6 Å². The van der Waals surface area contributed by atoms with Gasteiger partial charge in [-0.25, -0.2) is 4.79 Å². The third-order valence-electron chi connectivity index (χ3n) is 7.30. The number of amides is 2. The first-order valence-corrected chi connectivity index (χ1v) is 13.7. The predicted octanol–water partition coefficient (Wildman–Crippen LogP) is 6.17. The topological polar surface area (TPSA) is 87.2 Å². The number of halogens is 2. The number of hydrogen-bond acceptors (Lipinski definition) is 4. The summed E-state index contributed by atoms with van der Waals surface area (Å²) < 4.78 is 4.87. The van der Waals surface area contributed by atoms with Gasteiger partial charge in [0.15, 0.2) is 0 Å². The lowest BCUT2D eigenvalue weighted by Gasteiger charge is -2.34. The molecule has 2 aliphatic heterocycles. The Labute approximate surface area is 233 Å². The van der Waals surface area contributed by atoms with E-state index < -0.39 is 18.2 Å². The van der Waals surface area contributed by atoms with Crippen LogP contribution in [0.15, 0.2) is 42.5 Å². The summed E-state index contributed by atoms with van der Waals surface area (Å²) in [4.78, 5) is 41.8. The molecule has 0 aromatic heterocycles. The first-order valence-electron chi connectivity index (χ1n) is 12.9. The third-order valence-corrected chi connectivity index (χ3v) is 7.88. The van der Waals surface area contributed by atoms with Gasteiger partial charge in [-0.15, -0.1) is 0 Å². The summed E-state index contributed by atoms with van der Waals surface area (Å²) in [5, 5.41) is 10.1. The first kappa shape index (κ1) is 28.2. The second kappa shape index (κ2) is 11.5. The van der Waals surface area contributed by atoms with Crippen LogP contribution >= 0.6 is 23.2 Å². The molecule has 4 rings (SSSR count). The number of fused-ring (bicyclic) bond motifs is 1. The highest BCUT2D eigenvalue weighted by Crippen LogP contribution is 2.43. The van der Waals surface area contributed by atoms with Crippen LogP contribution in [-0.4, -0.2) is 65.2 Å². The zero-order valence-electron chi connectivity index (χ0n) is 22.0. The summed E-state index contributed by atoms with van der Waals surface area (Å²) in [7, 11) is 0. The van der Waals surface area contributed by atoms with E-state index in [4.69, 9.17) is 33.0 Å². The van der Waals surface area contributed by atoms with Gasteiger partial charge in [-0.3, -0.25) is 9.59 Å². The molecule has 2 unspecified atom stereocenters. The minimum atomic E-state index is -1.31. The number of carboxylic acid groups (broad SMARTS) is 1. The standard InChI is InChI=1S/C29H34Cl2N2O5/c1-29(2,3)15-23-20-9-8-18(30)14-22(20)24(21-6-4-5-7-25(21)31)16-33(27(23)35)17-26(34)32-12-10-19(11-13-32)38-28(36)37/h4-9,14,19,23-24H,10-13,15-17H2,1-3H3,(H,36,37). The van der Waals surface area contributed by atoms with Crippen LogP contribution in [0.4, 0.5) is 4.79 Å². The molecule has 2 heterocycles. The molecule has 2 aromatic carbocycles. The number of rotatable bonds is 5. The Kier molecular flexibility index (Phi) is 8.58. The first-order chi connectivity index (χ1) is 17.9. The summed E-state index contributed by atoms with van der Waals surface area (Å²) in [5.41, 5.74) is 2.62. The van der Waals surface area contributed by atoms with Crippen molar-refractivity contribution in [1.82, 2.24) is 9.80 Å². The van der Waals surface area contributed by atoms with Gasteiger partial charge in [0.25, 0.3) is 0 Å². The molecule has 7 nitrogen and oxygen atoms in total. The Hall–Kier alpha value is -2.77. The highest BCUT2D eigenvalue weighted by molar-refractivity contribution is 6.31. The van der Waals surface area contributed by atoms with E-state index in [0.717, 1.165) is 16.7 Å². The Morgan fingerprint density at radius 2 is 1.71 bits per heavy atom. The predicted molar refractivity (Wildman–Crippen MR) is 147 cm³/mol. The van der Waals surface area contributed by atoms with E-state index in [1.54, 1.807) is 9.80 Å². The Morgan fingerprint density at radius 1 is 1.03 bits per heavy atom. The van der Waals surface area contributed by atoms with Crippen LogP contribution in [0.3, 0.4) is 0 Å². The quantitative estimate of drug-likeness (QED) is 0.441. The molecule has 1 saturated heterocycles. The molecule has 38 heavy (non-hydrogen) atoms. The van der Waals surface area contributed by atoms with Gasteiger partial charge in [0.05, 0.1) is 12.5 Å². The molecule has 2 aliphatic rings. The zero-order chi connectivity index (χ0) is 27.6. The normalized spacial score (nSPS) is 20.6. The van der Waals surface area contributed by atoms with Crippen LogP contribution in [-0.2, 0) is 14.3 Å². The number of piperidine rings is 1. The number of benzene rings is 2. The van der Waals surface area contributed by atoms with Crippen molar-refractivity contribution in [3.8, 4) is 0 Å². The Bertz CT molecular complexity index is 1200. The lowest BCUT2D eigenvalue weighted by atomic mass is 9.78. The lowest BCUT2D eigenvalue weighted by Crippen LogP contribution is -2.48. The second-order valence-corrected chi connectivity index (χ2v) is 12.2. The number of nitrogens with zero attached hydrogens (tertiary/aromatic N) is 2. The minimum Gasteiger partial charge on any atom is -0.450 e. The largest absolute Gasteiger partial charge is 0.506 e. The van der Waals surface area contributed by atoms with Gasteiger partial charge in [0.2, 0.25) is 11.8 Å². The number of likely N-dealkylation sites (tertiary alicyclic amines) is 1. The van der Waals surface area contributed by atoms with Gasteiger partial charge >= 0.3 is 6.16 Å². The van der Waals surface area contributed by atoms with Crippen LogP contribution < -0.4 is 0 Å². The fourth-order valence-corrected chi connectivity index (χ4v) is 5.98. The fraction of sp³-hybridized carbons (Fsp3) is 0.483. The number of carbonyl (C=O) groups excluding carboxylic acids is 2. The third kappa shape index (κ3) is 6.62. The molecule has 0 radical (unpaired) electrons. The van der Waals surface area contributed by atoms with Crippen molar-refractivity contribution in [3.05, 3.63) is 69.2 Å². The summed E-state index contributed by atoms with van der Waals surface area (Å²) in [6.45, 7) is 7.30. The number of carbonyl (C=O) groups is 3. The summed E-state index contributed by atoms with van der Waals surface area (Å²) >= 11 is 13.1. The van der Waals surface area contributed by atoms with Crippen molar-refractivity contribution < 1.29 is 24.2 Å². The number of hydrogen-bond donors (Lipinski definition) is 1. The van der Waals surface area contributed by atoms with Crippen LogP contribution in [0.5, 0.6) is 0 Å². The van der Waals surface area contributed by atoms with E-state index in [1.165, 1.54) is 0 Å². The fourth-order valence-electron chi connectivity index (χ4n) is 5.53. The van der Waals surface area contributed by atoms with Gasteiger partial charge in [0.1, 0.15) is 6.10 Å². The molecule has 0 saturated carbocycles. The molecule has 9 heteroatoms. The SMILES string of the molecule is CC(C)(C)CC1C(=O)N(CC(=O)N2CCC(OC(=O)O)CC2)CC(c2ccccc2Cl)c2cc(Cl)ccc21.